The van der Waals surface area contributed by atoms with Gasteiger partial charge in [-0.05, 0) is 19.3 Å². The second-order valence-electron chi connectivity index (χ2n) is 3.39. The van der Waals surface area contributed by atoms with Gasteiger partial charge < -0.3 is 4.74 Å². The molecule has 2 heterocycles. The van der Waals surface area contributed by atoms with Crippen LogP contribution in [0.4, 0.5) is 0 Å². The standard InChI is InChI=1S/C8H13NO3/c1-11-9-8(10)6-4-5-2-3-7(6)12-5/h5-7H,2-4H2,1H3,(H,9,10)/t5-,6-,7+/m1/s1. The Balaban J connectivity index is 1.93. The summed E-state index contributed by atoms with van der Waals surface area (Å²) < 4.78 is 5.54. The van der Waals surface area contributed by atoms with E-state index in [-0.39, 0.29) is 17.9 Å². The second-order valence-corrected chi connectivity index (χ2v) is 3.39. The maximum Gasteiger partial charge on any atom is 0.249 e. The highest BCUT2D eigenvalue weighted by Crippen LogP contribution is 2.38. The zero-order valence-electron chi connectivity index (χ0n) is 7.08. The lowest BCUT2D eigenvalue weighted by atomic mass is 9.89. The fraction of sp³-hybridized carbons (Fsp3) is 0.875. The monoisotopic (exact) mass is 171 g/mol. The number of hydrogen-bond acceptors (Lipinski definition) is 3. The third-order valence-electron chi connectivity index (χ3n) is 2.65. The molecule has 2 fully saturated rings. The van der Waals surface area contributed by atoms with Crippen molar-refractivity contribution in [3.63, 3.8) is 0 Å². The van der Waals surface area contributed by atoms with E-state index in [1.54, 1.807) is 0 Å². The number of amides is 1. The summed E-state index contributed by atoms with van der Waals surface area (Å²) in [6.07, 6.45) is 3.46. The molecule has 2 rings (SSSR count). The van der Waals surface area contributed by atoms with Crippen LogP contribution in [-0.2, 0) is 14.4 Å². The molecule has 4 heteroatoms. The molecule has 1 amide bonds. The summed E-state index contributed by atoms with van der Waals surface area (Å²) in [4.78, 5) is 15.9. The average molecular weight is 171 g/mol. The first-order valence-corrected chi connectivity index (χ1v) is 4.29. The molecule has 0 aliphatic carbocycles. The third-order valence-corrected chi connectivity index (χ3v) is 2.65. The normalized spacial score (nSPS) is 38.6. The molecule has 0 aromatic heterocycles. The summed E-state index contributed by atoms with van der Waals surface area (Å²) in [6, 6.07) is 0. The van der Waals surface area contributed by atoms with E-state index in [2.05, 4.69) is 10.3 Å². The van der Waals surface area contributed by atoms with E-state index in [0.717, 1.165) is 19.3 Å². The molecule has 1 N–H and O–H groups in total. The van der Waals surface area contributed by atoms with Crippen molar-refractivity contribution >= 4 is 5.91 Å². The van der Waals surface area contributed by atoms with Crippen LogP contribution in [0.3, 0.4) is 0 Å². The first-order chi connectivity index (χ1) is 5.81. The molecule has 2 saturated heterocycles. The summed E-state index contributed by atoms with van der Waals surface area (Å²) >= 11 is 0. The second kappa shape index (κ2) is 3.03. The van der Waals surface area contributed by atoms with Gasteiger partial charge in [-0.1, -0.05) is 0 Å². The number of nitrogens with one attached hydrogen (secondary N) is 1. The van der Waals surface area contributed by atoms with Crippen LogP contribution in [-0.4, -0.2) is 25.2 Å². The van der Waals surface area contributed by atoms with Gasteiger partial charge in [-0.3, -0.25) is 9.63 Å². The molecule has 0 unspecified atom stereocenters. The zero-order valence-corrected chi connectivity index (χ0v) is 7.08. The van der Waals surface area contributed by atoms with E-state index >= 15 is 0 Å². The van der Waals surface area contributed by atoms with Crippen molar-refractivity contribution in [1.82, 2.24) is 5.48 Å². The van der Waals surface area contributed by atoms with Gasteiger partial charge in [0, 0.05) is 0 Å². The molecule has 12 heavy (non-hydrogen) atoms. The lowest BCUT2D eigenvalue weighted by Gasteiger charge is -2.16. The van der Waals surface area contributed by atoms with Gasteiger partial charge in [0.2, 0.25) is 5.91 Å². The first kappa shape index (κ1) is 8.01. The third kappa shape index (κ3) is 1.21. The van der Waals surface area contributed by atoms with Crippen LogP contribution in [0.25, 0.3) is 0 Å². The minimum absolute atomic E-state index is 0.0173. The minimum atomic E-state index is -0.0373. The molecule has 2 aliphatic heterocycles. The Labute approximate surface area is 71.2 Å². The van der Waals surface area contributed by atoms with Crippen molar-refractivity contribution in [2.45, 2.75) is 31.5 Å². The van der Waals surface area contributed by atoms with Gasteiger partial charge >= 0.3 is 0 Å². The maximum absolute atomic E-state index is 11.3. The van der Waals surface area contributed by atoms with Crippen molar-refractivity contribution in [3.8, 4) is 0 Å². The van der Waals surface area contributed by atoms with Gasteiger partial charge in [0.25, 0.3) is 0 Å². The zero-order chi connectivity index (χ0) is 8.55. The van der Waals surface area contributed by atoms with Crippen LogP contribution in [0, 0.1) is 5.92 Å². The maximum atomic E-state index is 11.3. The summed E-state index contributed by atoms with van der Waals surface area (Å²) in [5.74, 6) is -0.0200. The van der Waals surface area contributed by atoms with E-state index in [0.29, 0.717) is 6.10 Å². The largest absolute Gasteiger partial charge is 0.374 e. The summed E-state index contributed by atoms with van der Waals surface area (Å²) in [7, 11) is 1.45. The Bertz CT molecular complexity index is 195. The van der Waals surface area contributed by atoms with E-state index in [1.807, 2.05) is 0 Å². The highest BCUT2D eigenvalue weighted by atomic mass is 16.6. The Morgan fingerprint density at radius 2 is 2.42 bits per heavy atom. The number of ether oxygens (including phenoxy) is 1. The van der Waals surface area contributed by atoms with Crippen LogP contribution >= 0.6 is 0 Å². The van der Waals surface area contributed by atoms with Crippen LogP contribution in [0.1, 0.15) is 19.3 Å². The van der Waals surface area contributed by atoms with Crippen molar-refractivity contribution < 1.29 is 14.4 Å². The molecule has 0 saturated carbocycles. The quantitative estimate of drug-likeness (QED) is 0.605. The van der Waals surface area contributed by atoms with E-state index in [1.165, 1.54) is 7.11 Å². The van der Waals surface area contributed by atoms with Crippen LogP contribution < -0.4 is 5.48 Å². The number of carbonyl (C=O) groups is 1. The smallest absolute Gasteiger partial charge is 0.249 e. The number of fused-ring (bicyclic) bond motifs is 2. The van der Waals surface area contributed by atoms with Crippen molar-refractivity contribution in [3.05, 3.63) is 0 Å². The number of carbonyl (C=O) groups excluding carboxylic acids is 1. The molecule has 2 bridgehead atoms. The topological polar surface area (TPSA) is 47.6 Å². The molecule has 0 spiro atoms. The van der Waals surface area contributed by atoms with Crippen molar-refractivity contribution in [2.75, 3.05) is 7.11 Å². The Hall–Kier alpha value is -0.610. The molecular formula is C8H13NO3. The number of hydroxylamine groups is 1. The molecule has 0 radical (unpaired) electrons. The van der Waals surface area contributed by atoms with Gasteiger partial charge in [0.05, 0.1) is 25.2 Å². The molecular weight excluding hydrogens is 158 g/mol. The van der Waals surface area contributed by atoms with E-state index in [9.17, 15) is 4.79 Å². The van der Waals surface area contributed by atoms with Gasteiger partial charge in [0.15, 0.2) is 0 Å². The summed E-state index contributed by atoms with van der Waals surface area (Å²) in [5, 5.41) is 0. The summed E-state index contributed by atoms with van der Waals surface area (Å²) in [5.41, 5.74) is 2.35. The van der Waals surface area contributed by atoms with Crippen LogP contribution in [0.5, 0.6) is 0 Å². The lowest BCUT2D eigenvalue weighted by Crippen LogP contribution is -2.35. The highest BCUT2D eigenvalue weighted by Gasteiger charge is 2.44. The van der Waals surface area contributed by atoms with Gasteiger partial charge in [-0.2, -0.15) is 0 Å². The van der Waals surface area contributed by atoms with E-state index in [4.69, 9.17) is 4.74 Å². The van der Waals surface area contributed by atoms with Crippen LogP contribution in [0.15, 0.2) is 0 Å². The predicted octanol–water partition coefficient (Wildman–Crippen LogP) is 0.231. The molecule has 68 valence electrons. The summed E-state index contributed by atoms with van der Waals surface area (Å²) in [6.45, 7) is 0. The average Bonchev–Trinajstić information content (AvgIpc) is 2.64. The van der Waals surface area contributed by atoms with E-state index < -0.39 is 0 Å². The Morgan fingerprint density at radius 1 is 1.58 bits per heavy atom. The number of rotatable bonds is 2. The van der Waals surface area contributed by atoms with Gasteiger partial charge in [-0.25, -0.2) is 5.48 Å². The highest BCUT2D eigenvalue weighted by molar-refractivity contribution is 5.78. The van der Waals surface area contributed by atoms with Gasteiger partial charge in [0.1, 0.15) is 0 Å². The molecule has 3 atom stereocenters. The minimum Gasteiger partial charge on any atom is -0.374 e. The lowest BCUT2D eigenvalue weighted by molar-refractivity contribution is -0.137. The van der Waals surface area contributed by atoms with Crippen molar-refractivity contribution in [2.24, 2.45) is 5.92 Å². The molecule has 4 nitrogen and oxygen atoms in total. The SMILES string of the molecule is CONC(=O)[C@@H]1C[C@H]2CC[C@@H]1O2. The predicted molar refractivity (Wildman–Crippen MR) is 41.2 cm³/mol. The fourth-order valence-corrected chi connectivity index (χ4v) is 2.09. The van der Waals surface area contributed by atoms with Crippen LogP contribution in [0.2, 0.25) is 0 Å². The molecule has 0 aromatic carbocycles. The number of hydrogen-bond donors (Lipinski definition) is 1. The van der Waals surface area contributed by atoms with Gasteiger partial charge in [-0.15, -0.1) is 0 Å². The Kier molecular flexibility index (Phi) is 2.02. The molecule has 2 aliphatic rings. The fourth-order valence-electron chi connectivity index (χ4n) is 2.09. The Morgan fingerprint density at radius 3 is 2.92 bits per heavy atom. The molecule has 0 aromatic rings. The first-order valence-electron chi connectivity index (χ1n) is 4.29. The van der Waals surface area contributed by atoms with Crippen molar-refractivity contribution in [1.29, 1.82) is 0 Å².